The van der Waals surface area contributed by atoms with E-state index in [0.717, 1.165) is 51.4 Å². The van der Waals surface area contributed by atoms with Gasteiger partial charge in [0.25, 0.3) is 0 Å². The number of carbonyl (C=O) groups is 2. The van der Waals surface area contributed by atoms with Crippen LogP contribution < -0.4 is 0 Å². The van der Waals surface area contributed by atoms with Crippen molar-refractivity contribution in [2.24, 2.45) is 33.7 Å². The summed E-state index contributed by atoms with van der Waals surface area (Å²) >= 11 is 0. The van der Waals surface area contributed by atoms with Crippen LogP contribution in [0.5, 0.6) is 0 Å². The Morgan fingerprint density at radius 2 is 2.12 bits per heavy atom. The molecule has 0 radical (unpaired) electrons. The zero-order valence-corrected chi connectivity index (χ0v) is 15.7. The Kier molecular flexibility index (Phi) is 4.24. The van der Waals surface area contributed by atoms with E-state index in [-0.39, 0.29) is 22.9 Å². The van der Waals surface area contributed by atoms with Gasteiger partial charge < -0.3 is 9.94 Å². The van der Waals surface area contributed by atoms with E-state index in [0.29, 0.717) is 23.5 Å². The minimum absolute atomic E-state index is 0.0718. The Balaban J connectivity index is 1.67. The number of fused-ring (bicyclic) bond motifs is 5. The second-order valence-corrected chi connectivity index (χ2v) is 9.02. The predicted octanol–water partition coefficient (Wildman–Crippen LogP) is 3.89. The predicted molar refractivity (Wildman–Crippen MR) is 96.9 cm³/mol. The molecule has 5 nitrogen and oxygen atoms in total. The van der Waals surface area contributed by atoms with Gasteiger partial charge in [-0.05, 0) is 56.3 Å². The summed E-state index contributed by atoms with van der Waals surface area (Å²) in [5.74, 6) is 1.55. The second-order valence-electron chi connectivity index (χ2n) is 9.02. The van der Waals surface area contributed by atoms with E-state index < -0.39 is 0 Å². The van der Waals surface area contributed by atoms with Crippen LogP contribution in [0.2, 0.25) is 0 Å². The van der Waals surface area contributed by atoms with Gasteiger partial charge >= 0.3 is 5.97 Å². The molecule has 0 aromatic carbocycles. The van der Waals surface area contributed by atoms with Crippen LogP contribution in [0.25, 0.3) is 0 Å². The molecule has 0 spiro atoms. The first-order valence-corrected chi connectivity index (χ1v) is 9.99. The molecule has 0 aliphatic heterocycles. The van der Waals surface area contributed by atoms with E-state index in [1.54, 1.807) is 6.21 Å². The molecule has 0 heterocycles. The topological polar surface area (TPSA) is 76.0 Å². The summed E-state index contributed by atoms with van der Waals surface area (Å²) in [4.78, 5) is 23.9. The molecule has 0 saturated heterocycles. The molecule has 26 heavy (non-hydrogen) atoms. The van der Waals surface area contributed by atoms with Crippen LogP contribution in [-0.2, 0) is 14.3 Å². The number of Topliss-reactive ketones (excluding diaryl/α,β-unsaturated/α-hetero) is 1. The van der Waals surface area contributed by atoms with E-state index in [1.807, 2.05) is 0 Å². The molecule has 0 aromatic heterocycles. The lowest BCUT2D eigenvalue weighted by Crippen LogP contribution is -2.52. The summed E-state index contributed by atoms with van der Waals surface area (Å²) in [7, 11) is 0. The quantitative estimate of drug-likeness (QED) is 0.267. The monoisotopic (exact) mass is 359 g/mol. The Hall–Kier alpha value is -1.65. The molecule has 4 rings (SSSR count). The van der Waals surface area contributed by atoms with E-state index in [2.05, 4.69) is 18.2 Å². The fraction of sp³-hybridized carbons (Fsp3) is 0.762. The standard InChI is InChI=1S/C21H29NO4/c1-13(23)26-15-7-10-21(12-22-25)14(11-15)3-4-16-17-5-6-19(24)20(17,2)9-8-18(16)21/h3,12,15-18,25H,4-11H2,1-2H3/b22-12-/t15-,16-,17-,18-,20+,21-/m1/s1. The highest BCUT2D eigenvalue weighted by Gasteiger charge is 2.59. The lowest BCUT2D eigenvalue weighted by molar-refractivity contribution is -0.148. The summed E-state index contributed by atoms with van der Waals surface area (Å²) in [5, 5.41) is 12.9. The highest BCUT2D eigenvalue weighted by atomic mass is 16.5. The average Bonchev–Trinajstić information content (AvgIpc) is 2.90. The van der Waals surface area contributed by atoms with Crippen LogP contribution in [0.4, 0.5) is 0 Å². The zero-order chi connectivity index (χ0) is 18.5. The summed E-state index contributed by atoms with van der Waals surface area (Å²) in [5.41, 5.74) is 0.877. The third-order valence-electron chi connectivity index (χ3n) is 7.99. The number of oxime groups is 1. The maximum atomic E-state index is 12.5. The van der Waals surface area contributed by atoms with Gasteiger partial charge in [0.05, 0.1) is 6.21 Å². The van der Waals surface area contributed by atoms with Gasteiger partial charge in [0, 0.05) is 30.6 Å². The summed E-state index contributed by atoms with van der Waals surface area (Å²) in [6.45, 7) is 3.63. The molecular weight excluding hydrogens is 330 g/mol. The summed E-state index contributed by atoms with van der Waals surface area (Å²) in [6.07, 6.45) is 11.0. The van der Waals surface area contributed by atoms with Gasteiger partial charge in [-0.2, -0.15) is 0 Å². The number of rotatable bonds is 2. The Bertz CT molecular complexity index is 683. The third-order valence-corrected chi connectivity index (χ3v) is 7.99. The van der Waals surface area contributed by atoms with Gasteiger partial charge in [0.2, 0.25) is 0 Å². The molecule has 4 aliphatic rings. The van der Waals surface area contributed by atoms with Crippen molar-refractivity contribution in [1.82, 2.24) is 0 Å². The Morgan fingerprint density at radius 3 is 2.85 bits per heavy atom. The van der Waals surface area contributed by atoms with Crippen molar-refractivity contribution < 1.29 is 19.5 Å². The normalized spacial score (nSPS) is 44.8. The molecular formula is C21H29NO4. The molecule has 5 heteroatoms. The number of hydrogen-bond donors (Lipinski definition) is 1. The maximum absolute atomic E-state index is 12.5. The highest BCUT2D eigenvalue weighted by molar-refractivity contribution is 5.87. The summed E-state index contributed by atoms with van der Waals surface area (Å²) in [6, 6.07) is 0. The largest absolute Gasteiger partial charge is 0.462 e. The van der Waals surface area contributed by atoms with Crippen LogP contribution in [0.3, 0.4) is 0 Å². The van der Waals surface area contributed by atoms with Gasteiger partial charge in [0.15, 0.2) is 0 Å². The molecule has 6 atom stereocenters. The molecule has 0 aromatic rings. The number of allylic oxidation sites excluding steroid dienone is 1. The van der Waals surface area contributed by atoms with E-state index in [1.165, 1.54) is 12.5 Å². The first-order chi connectivity index (χ1) is 12.4. The third kappa shape index (κ3) is 2.46. The van der Waals surface area contributed by atoms with Crippen molar-refractivity contribution >= 4 is 18.0 Å². The van der Waals surface area contributed by atoms with Gasteiger partial charge in [0.1, 0.15) is 11.9 Å². The zero-order valence-electron chi connectivity index (χ0n) is 15.7. The van der Waals surface area contributed by atoms with Crippen LogP contribution in [0.1, 0.15) is 65.2 Å². The van der Waals surface area contributed by atoms with Crippen molar-refractivity contribution in [1.29, 1.82) is 0 Å². The lowest BCUT2D eigenvalue weighted by atomic mass is 9.48. The van der Waals surface area contributed by atoms with Crippen molar-refractivity contribution in [3.63, 3.8) is 0 Å². The fourth-order valence-electron chi connectivity index (χ4n) is 6.78. The fourth-order valence-corrected chi connectivity index (χ4v) is 6.78. The van der Waals surface area contributed by atoms with E-state index in [4.69, 9.17) is 4.74 Å². The average molecular weight is 359 g/mol. The highest BCUT2D eigenvalue weighted by Crippen LogP contribution is 2.63. The number of carbonyl (C=O) groups excluding carboxylic acids is 2. The van der Waals surface area contributed by atoms with Crippen molar-refractivity contribution in [2.45, 2.75) is 71.3 Å². The van der Waals surface area contributed by atoms with Gasteiger partial charge in [-0.3, -0.25) is 9.59 Å². The SMILES string of the molecule is CC(=O)O[C@@H]1CC[C@@]2(/C=N\O)C(=CC[C@H]3[C@H]2CC[C@]2(C)C(=O)CC[C@H]32)C1. The molecule has 1 N–H and O–H groups in total. The minimum atomic E-state index is -0.235. The molecule has 0 amide bonds. The molecule has 4 aliphatic carbocycles. The first kappa shape index (κ1) is 17.7. The van der Waals surface area contributed by atoms with Crippen molar-refractivity contribution in [3.05, 3.63) is 11.6 Å². The molecule has 0 bridgehead atoms. The maximum Gasteiger partial charge on any atom is 0.302 e. The van der Waals surface area contributed by atoms with Gasteiger partial charge in [-0.15, -0.1) is 5.16 Å². The number of nitrogens with zero attached hydrogens (tertiary/aromatic N) is 1. The van der Waals surface area contributed by atoms with Crippen molar-refractivity contribution in [2.75, 3.05) is 0 Å². The minimum Gasteiger partial charge on any atom is -0.462 e. The number of ether oxygens (including phenoxy) is 1. The number of hydrogen-bond acceptors (Lipinski definition) is 5. The molecule has 3 fully saturated rings. The summed E-state index contributed by atoms with van der Waals surface area (Å²) < 4.78 is 5.47. The number of ketones is 1. The van der Waals surface area contributed by atoms with Crippen LogP contribution in [0, 0.1) is 28.6 Å². The van der Waals surface area contributed by atoms with Gasteiger partial charge in [-0.1, -0.05) is 18.6 Å². The lowest BCUT2D eigenvalue weighted by Gasteiger charge is -2.56. The molecule has 0 unspecified atom stereocenters. The smallest absolute Gasteiger partial charge is 0.302 e. The van der Waals surface area contributed by atoms with E-state index in [9.17, 15) is 14.8 Å². The molecule has 3 saturated carbocycles. The number of esters is 1. The Labute approximate surface area is 154 Å². The Morgan fingerprint density at radius 1 is 1.31 bits per heavy atom. The molecule has 142 valence electrons. The van der Waals surface area contributed by atoms with Crippen LogP contribution in [0.15, 0.2) is 16.8 Å². The first-order valence-electron chi connectivity index (χ1n) is 9.99. The van der Waals surface area contributed by atoms with E-state index >= 15 is 0 Å². The van der Waals surface area contributed by atoms with Crippen LogP contribution in [-0.4, -0.2) is 29.3 Å². The van der Waals surface area contributed by atoms with Crippen LogP contribution >= 0.6 is 0 Å². The second kappa shape index (κ2) is 6.21. The van der Waals surface area contributed by atoms with Gasteiger partial charge in [-0.25, -0.2) is 0 Å². The van der Waals surface area contributed by atoms with Crippen molar-refractivity contribution in [3.8, 4) is 0 Å².